The van der Waals surface area contributed by atoms with E-state index in [4.69, 9.17) is 0 Å². The molecule has 186 valence electrons. The summed E-state index contributed by atoms with van der Waals surface area (Å²) in [4.78, 5) is 16.7. The molecular formula is C28H31N5OS2. The van der Waals surface area contributed by atoms with Crippen molar-refractivity contribution in [1.82, 2.24) is 4.98 Å². The monoisotopic (exact) mass is 517 g/mol. The van der Waals surface area contributed by atoms with Crippen LogP contribution in [0.15, 0.2) is 75.1 Å². The predicted molar refractivity (Wildman–Crippen MR) is 150 cm³/mol. The number of aromatic nitrogens is 1. The zero-order chi connectivity index (χ0) is 25.2. The molecule has 0 saturated heterocycles. The zero-order valence-corrected chi connectivity index (χ0v) is 22.4. The van der Waals surface area contributed by atoms with Crippen LogP contribution >= 0.6 is 22.7 Å². The number of carbonyl (C=O) groups is 1. The quantitative estimate of drug-likeness (QED) is 0.131. The van der Waals surface area contributed by atoms with Crippen LogP contribution in [0.4, 0.5) is 21.5 Å². The van der Waals surface area contributed by atoms with Crippen molar-refractivity contribution in [2.24, 2.45) is 20.5 Å². The second kappa shape index (κ2) is 13.3. The maximum Gasteiger partial charge on any atom is 0.231 e. The molecule has 0 aliphatic heterocycles. The number of benzene rings is 2. The molecule has 2 aromatic heterocycles. The SMILES string of the molecule is CCCCCCCCc1ccc(N=Nc2cc3sc(N=Nc4ccc(CC(C)=O)cc4)nc3s2)cc1. The van der Waals surface area contributed by atoms with E-state index in [1.54, 1.807) is 6.92 Å². The van der Waals surface area contributed by atoms with Gasteiger partial charge >= 0.3 is 0 Å². The van der Waals surface area contributed by atoms with Gasteiger partial charge in [-0.2, -0.15) is 0 Å². The van der Waals surface area contributed by atoms with Crippen molar-refractivity contribution < 1.29 is 4.79 Å². The van der Waals surface area contributed by atoms with Crippen LogP contribution in [0.3, 0.4) is 0 Å². The topological polar surface area (TPSA) is 79.4 Å². The zero-order valence-electron chi connectivity index (χ0n) is 20.8. The van der Waals surface area contributed by atoms with Gasteiger partial charge in [-0.1, -0.05) is 86.0 Å². The van der Waals surface area contributed by atoms with Gasteiger partial charge in [-0.25, -0.2) is 4.98 Å². The molecule has 4 rings (SSSR count). The number of thiophene rings is 1. The molecule has 0 bridgehead atoms. The van der Waals surface area contributed by atoms with Gasteiger partial charge in [0.2, 0.25) is 5.13 Å². The van der Waals surface area contributed by atoms with Gasteiger partial charge in [0, 0.05) is 6.42 Å². The Bertz CT molecular complexity index is 1290. The Hall–Kier alpha value is -3.10. The van der Waals surface area contributed by atoms with E-state index in [2.05, 4.69) is 44.5 Å². The van der Waals surface area contributed by atoms with E-state index in [0.717, 1.165) is 37.9 Å². The lowest BCUT2D eigenvalue weighted by molar-refractivity contribution is -0.116. The van der Waals surface area contributed by atoms with Crippen LogP contribution in [0.25, 0.3) is 9.53 Å². The molecule has 2 aromatic carbocycles. The minimum absolute atomic E-state index is 0.142. The third kappa shape index (κ3) is 7.96. The van der Waals surface area contributed by atoms with E-state index in [9.17, 15) is 4.79 Å². The summed E-state index contributed by atoms with van der Waals surface area (Å²) in [6.45, 7) is 3.84. The first-order valence-electron chi connectivity index (χ1n) is 12.5. The summed E-state index contributed by atoms with van der Waals surface area (Å²) >= 11 is 2.97. The molecule has 0 spiro atoms. The first kappa shape index (κ1) is 26.0. The van der Waals surface area contributed by atoms with Crippen LogP contribution in [0.1, 0.15) is 63.5 Å². The molecule has 0 N–H and O–H groups in total. The summed E-state index contributed by atoms with van der Waals surface area (Å²) < 4.78 is 1.02. The number of fused-ring (bicyclic) bond motifs is 1. The fourth-order valence-corrected chi connectivity index (χ4v) is 5.67. The lowest BCUT2D eigenvalue weighted by Gasteiger charge is -2.02. The predicted octanol–water partition coefficient (Wildman–Crippen LogP) is 10.2. The highest BCUT2D eigenvalue weighted by atomic mass is 32.1. The fraction of sp³-hybridized carbons (Fsp3) is 0.357. The minimum Gasteiger partial charge on any atom is -0.300 e. The number of hydrogen-bond donors (Lipinski definition) is 0. The van der Waals surface area contributed by atoms with Crippen molar-refractivity contribution in [1.29, 1.82) is 0 Å². The highest BCUT2D eigenvalue weighted by Crippen LogP contribution is 2.39. The molecule has 6 nitrogen and oxygen atoms in total. The average Bonchev–Trinajstić information content (AvgIpc) is 3.43. The van der Waals surface area contributed by atoms with E-state index in [1.165, 1.54) is 66.8 Å². The second-order valence-corrected chi connectivity index (χ2v) is 10.9. The van der Waals surface area contributed by atoms with Crippen molar-refractivity contribution in [2.75, 3.05) is 0 Å². The Kier molecular flexibility index (Phi) is 9.58. The van der Waals surface area contributed by atoms with Crippen LogP contribution in [-0.4, -0.2) is 10.8 Å². The molecule has 4 aromatic rings. The summed E-state index contributed by atoms with van der Waals surface area (Å²) in [6.07, 6.45) is 9.46. The van der Waals surface area contributed by atoms with E-state index in [-0.39, 0.29) is 5.78 Å². The lowest BCUT2D eigenvalue weighted by atomic mass is 10.0. The minimum atomic E-state index is 0.142. The third-order valence-electron chi connectivity index (χ3n) is 5.72. The molecule has 0 aliphatic rings. The average molecular weight is 518 g/mol. The van der Waals surface area contributed by atoms with E-state index in [0.29, 0.717) is 11.6 Å². The Balaban J connectivity index is 1.29. The standard InChI is InChI=1S/C28H31N5OS2/c1-3-4-5-6-7-8-9-21-10-14-23(15-11-21)30-32-26-19-25-27(36-26)29-28(35-25)33-31-24-16-12-22(13-17-24)18-20(2)34/h10-17,19H,3-9,18H2,1-2H3. The summed E-state index contributed by atoms with van der Waals surface area (Å²) in [5.41, 5.74) is 3.92. The van der Waals surface area contributed by atoms with Gasteiger partial charge in [0.1, 0.15) is 15.6 Å². The van der Waals surface area contributed by atoms with Gasteiger partial charge in [0.15, 0.2) is 0 Å². The van der Waals surface area contributed by atoms with Gasteiger partial charge in [0.05, 0.1) is 16.1 Å². The molecule has 0 fully saturated rings. The van der Waals surface area contributed by atoms with Crippen molar-refractivity contribution in [2.45, 2.75) is 65.2 Å². The molecular weight excluding hydrogens is 486 g/mol. The van der Waals surface area contributed by atoms with Crippen LogP contribution in [0.5, 0.6) is 0 Å². The highest BCUT2D eigenvalue weighted by molar-refractivity contribution is 7.30. The number of carbonyl (C=O) groups excluding carboxylic acids is 1. The number of azo groups is 2. The van der Waals surface area contributed by atoms with Crippen molar-refractivity contribution in [3.8, 4) is 0 Å². The Labute approximate surface area is 220 Å². The van der Waals surface area contributed by atoms with Crippen molar-refractivity contribution in [3.63, 3.8) is 0 Å². The number of unbranched alkanes of at least 4 members (excludes halogenated alkanes) is 5. The summed E-state index contributed by atoms with van der Waals surface area (Å²) in [5, 5.41) is 18.8. The summed E-state index contributed by atoms with van der Waals surface area (Å²) in [7, 11) is 0. The molecule has 36 heavy (non-hydrogen) atoms. The number of Topliss-reactive ketones (excluding diaryl/α,β-unsaturated/α-hetero) is 1. The van der Waals surface area contributed by atoms with Crippen LogP contribution in [0, 0.1) is 0 Å². The summed E-state index contributed by atoms with van der Waals surface area (Å²) in [6, 6.07) is 17.9. The number of hydrogen-bond acceptors (Lipinski definition) is 8. The number of nitrogens with zero attached hydrogens (tertiary/aromatic N) is 5. The Morgan fingerprint density at radius 3 is 2.08 bits per heavy atom. The van der Waals surface area contributed by atoms with Gasteiger partial charge in [0.25, 0.3) is 0 Å². The second-order valence-electron chi connectivity index (χ2n) is 8.88. The summed E-state index contributed by atoms with van der Waals surface area (Å²) in [5.74, 6) is 0.142. The largest absolute Gasteiger partial charge is 0.300 e. The molecule has 0 radical (unpaired) electrons. The fourth-order valence-electron chi connectivity index (χ4n) is 3.82. The van der Waals surface area contributed by atoms with Gasteiger partial charge < -0.3 is 0 Å². The van der Waals surface area contributed by atoms with Gasteiger partial charge in [-0.05, 0) is 61.2 Å². The number of rotatable bonds is 13. The Morgan fingerprint density at radius 1 is 0.778 bits per heavy atom. The molecule has 0 amide bonds. The number of aryl methyl sites for hydroxylation is 1. The number of ketones is 1. The van der Waals surface area contributed by atoms with E-state index >= 15 is 0 Å². The maximum atomic E-state index is 11.2. The normalized spacial score (nSPS) is 11.8. The third-order valence-corrected chi connectivity index (χ3v) is 7.65. The van der Waals surface area contributed by atoms with Gasteiger partial charge in [-0.3, -0.25) is 4.79 Å². The molecule has 0 atom stereocenters. The highest BCUT2D eigenvalue weighted by Gasteiger charge is 2.08. The van der Waals surface area contributed by atoms with Crippen LogP contribution in [-0.2, 0) is 17.6 Å². The van der Waals surface area contributed by atoms with Gasteiger partial charge in [-0.15, -0.1) is 20.5 Å². The van der Waals surface area contributed by atoms with Crippen molar-refractivity contribution in [3.05, 3.63) is 65.7 Å². The molecule has 2 heterocycles. The van der Waals surface area contributed by atoms with Crippen molar-refractivity contribution >= 4 is 59.5 Å². The molecule has 0 unspecified atom stereocenters. The lowest BCUT2D eigenvalue weighted by Crippen LogP contribution is -1.94. The van der Waals surface area contributed by atoms with Crippen LogP contribution < -0.4 is 0 Å². The maximum absolute atomic E-state index is 11.2. The first-order valence-corrected chi connectivity index (χ1v) is 14.1. The Morgan fingerprint density at radius 2 is 1.42 bits per heavy atom. The molecule has 8 heteroatoms. The number of thiazole rings is 1. The smallest absolute Gasteiger partial charge is 0.231 e. The first-order chi connectivity index (χ1) is 17.6. The van der Waals surface area contributed by atoms with E-state index in [1.807, 2.05) is 42.5 Å². The molecule has 0 aliphatic carbocycles. The van der Waals surface area contributed by atoms with E-state index < -0.39 is 0 Å². The van der Waals surface area contributed by atoms with Crippen LogP contribution in [0.2, 0.25) is 0 Å². The molecule has 0 saturated carbocycles.